The molecule has 3 aromatic carbocycles. The van der Waals surface area contributed by atoms with Crippen LogP contribution in [0.3, 0.4) is 0 Å². The third-order valence-electron chi connectivity index (χ3n) is 6.72. The second-order valence-corrected chi connectivity index (χ2v) is 12.5. The number of anilines is 1. The number of hydrogen-bond donors (Lipinski definition) is 1. The molecule has 0 unspecified atom stereocenters. The van der Waals surface area contributed by atoms with Gasteiger partial charge in [-0.15, -0.1) is 0 Å². The number of amides is 2. The Morgan fingerprint density at radius 1 is 1.00 bits per heavy atom. The molecule has 3 rings (SSSR count). The molecule has 0 spiro atoms. The Labute approximate surface area is 252 Å². The quantitative estimate of drug-likeness (QED) is 0.275. The third-order valence-corrected chi connectivity index (χ3v) is 9.05. The number of carbonyl (C=O) groups is 2. The van der Waals surface area contributed by atoms with Crippen LogP contribution in [0.1, 0.15) is 38.3 Å². The lowest BCUT2D eigenvalue weighted by Crippen LogP contribution is -2.52. The van der Waals surface area contributed by atoms with Gasteiger partial charge < -0.3 is 15.0 Å². The van der Waals surface area contributed by atoms with Crippen molar-refractivity contribution in [1.82, 2.24) is 10.2 Å². The molecule has 220 valence electrons. The minimum Gasteiger partial charge on any atom is -0.497 e. The van der Waals surface area contributed by atoms with Gasteiger partial charge in [-0.3, -0.25) is 13.9 Å². The van der Waals surface area contributed by atoms with Crippen LogP contribution in [-0.4, -0.2) is 50.9 Å². The summed E-state index contributed by atoms with van der Waals surface area (Å²) in [6.45, 7) is 6.68. The fourth-order valence-corrected chi connectivity index (χ4v) is 5.90. The Bertz CT molecular complexity index is 1480. The van der Waals surface area contributed by atoms with Crippen molar-refractivity contribution in [3.63, 3.8) is 0 Å². The first-order valence-electron chi connectivity index (χ1n) is 13.1. The standard InChI is InChI=1S/C30H35Cl2N3O5S/c1-6-21(3)33-30(37)22(4)34(18-23-8-7-9-25(16-23)40-5)29(36)19-35(28-17-24(31)12-15-27(28)32)41(38,39)26-13-10-20(2)11-14-26/h7-17,21-22H,6,18-19H2,1-5H3,(H,33,37)/t21-,22-/m1/s1. The van der Waals surface area contributed by atoms with Crippen molar-refractivity contribution in [3.05, 3.63) is 87.9 Å². The van der Waals surface area contributed by atoms with Crippen molar-refractivity contribution in [2.75, 3.05) is 18.0 Å². The highest BCUT2D eigenvalue weighted by Crippen LogP contribution is 2.33. The Hall–Kier alpha value is -3.27. The number of benzene rings is 3. The fraction of sp³-hybridized carbons (Fsp3) is 0.333. The maximum atomic E-state index is 14.0. The maximum Gasteiger partial charge on any atom is 0.264 e. The molecule has 0 aliphatic rings. The summed E-state index contributed by atoms with van der Waals surface area (Å²) >= 11 is 12.7. The van der Waals surface area contributed by atoms with Gasteiger partial charge in [0, 0.05) is 17.6 Å². The Morgan fingerprint density at radius 2 is 1.68 bits per heavy atom. The van der Waals surface area contributed by atoms with Crippen LogP contribution < -0.4 is 14.4 Å². The van der Waals surface area contributed by atoms with E-state index in [1.807, 2.05) is 20.8 Å². The fourth-order valence-electron chi connectivity index (χ4n) is 4.04. The number of methoxy groups -OCH3 is 1. The molecule has 0 radical (unpaired) electrons. The van der Waals surface area contributed by atoms with Gasteiger partial charge in [-0.1, -0.05) is 60.0 Å². The smallest absolute Gasteiger partial charge is 0.264 e. The lowest BCUT2D eigenvalue weighted by molar-refractivity contribution is -0.139. The van der Waals surface area contributed by atoms with Crippen molar-refractivity contribution < 1.29 is 22.7 Å². The predicted octanol–water partition coefficient (Wildman–Crippen LogP) is 5.84. The molecule has 0 saturated heterocycles. The van der Waals surface area contributed by atoms with Gasteiger partial charge in [0.25, 0.3) is 10.0 Å². The maximum absolute atomic E-state index is 14.0. The number of aryl methyl sites for hydroxylation is 1. The highest BCUT2D eigenvalue weighted by Gasteiger charge is 2.33. The van der Waals surface area contributed by atoms with Crippen molar-refractivity contribution in [1.29, 1.82) is 0 Å². The lowest BCUT2D eigenvalue weighted by atomic mass is 10.1. The van der Waals surface area contributed by atoms with Gasteiger partial charge in [0.05, 0.1) is 22.7 Å². The van der Waals surface area contributed by atoms with E-state index in [0.29, 0.717) is 17.7 Å². The zero-order chi connectivity index (χ0) is 30.3. The van der Waals surface area contributed by atoms with Crippen molar-refractivity contribution >= 4 is 50.7 Å². The van der Waals surface area contributed by atoms with Crippen LogP contribution >= 0.6 is 23.2 Å². The molecule has 0 aliphatic carbocycles. The van der Waals surface area contributed by atoms with E-state index >= 15 is 0 Å². The summed E-state index contributed by atoms with van der Waals surface area (Å²) in [5, 5.41) is 3.25. The van der Waals surface area contributed by atoms with Gasteiger partial charge >= 0.3 is 0 Å². The minimum absolute atomic E-state index is 0.0196. The Balaban J connectivity index is 2.08. The van der Waals surface area contributed by atoms with E-state index in [9.17, 15) is 18.0 Å². The predicted molar refractivity (Wildman–Crippen MR) is 163 cm³/mol. The summed E-state index contributed by atoms with van der Waals surface area (Å²) in [7, 11) is -2.73. The van der Waals surface area contributed by atoms with Crippen molar-refractivity contribution in [2.24, 2.45) is 0 Å². The van der Waals surface area contributed by atoms with Gasteiger partial charge in [-0.25, -0.2) is 8.42 Å². The second kappa shape index (κ2) is 14.1. The number of rotatable bonds is 12. The Morgan fingerprint density at radius 3 is 2.32 bits per heavy atom. The third kappa shape index (κ3) is 8.15. The monoisotopic (exact) mass is 619 g/mol. The van der Waals surface area contributed by atoms with Crippen molar-refractivity contribution in [2.45, 2.75) is 57.6 Å². The van der Waals surface area contributed by atoms with E-state index < -0.39 is 28.5 Å². The van der Waals surface area contributed by atoms with E-state index in [4.69, 9.17) is 27.9 Å². The first kappa shape index (κ1) is 32.2. The van der Waals surface area contributed by atoms with Gasteiger partial charge in [0.2, 0.25) is 11.8 Å². The number of sulfonamides is 1. The van der Waals surface area contributed by atoms with Crippen LogP contribution in [0.15, 0.2) is 71.6 Å². The van der Waals surface area contributed by atoms with Crippen LogP contribution in [0.2, 0.25) is 10.0 Å². The second-order valence-electron chi connectivity index (χ2n) is 9.79. The van der Waals surface area contributed by atoms with Crippen LogP contribution in [0.25, 0.3) is 0 Å². The molecular weight excluding hydrogens is 585 g/mol. The normalized spacial score (nSPS) is 12.8. The molecule has 8 nitrogen and oxygen atoms in total. The van der Waals surface area contributed by atoms with Gasteiger partial charge in [-0.05, 0) is 75.2 Å². The van der Waals surface area contributed by atoms with Crippen LogP contribution in [0.4, 0.5) is 5.69 Å². The van der Waals surface area contributed by atoms with Crippen LogP contribution in [0, 0.1) is 6.92 Å². The Kier molecular flexibility index (Phi) is 11.1. The SMILES string of the molecule is CC[C@@H](C)NC(=O)[C@@H](C)N(Cc1cccc(OC)c1)C(=O)CN(c1cc(Cl)ccc1Cl)S(=O)(=O)c1ccc(C)cc1. The highest BCUT2D eigenvalue weighted by molar-refractivity contribution is 7.92. The molecule has 0 heterocycles. The molecule has 3 aromatic rings. The topological polar surface area (TPSA) is 96.0 Å². The van der Waals surface area contributed by atoms with E-state index in [1.165, 1.54) is 42.3 Å². The lowest BCUT2D eigenvalue weighted by Gasteiger charge is -2.32. The number of halogens is 2. The summed E-state index contributed by atoms with van der Waals surface area (Å²) in [6, 6.07) is 16.8. The number of nitrogens with one attached hydrogen (secondary N) is 1. The molecule has 41 heavy (non-hydrogen) atoms. The molecule has 1 N–H and O–H groups in total. The summed E-state index contributed by atoms with van der Waals surface area (Å²) in [4.78, 5) is 28.6. The number of hydrogen-bond acceptors (Lipinski definition) is 5. The summed E-state index contributed by atoms with van der Waals surface area (Å²) in [5.74, 6) is -0.378. The molecule has 0 fully saturated rings. The average Bonchev–Trinajstić information content (AvgIpc) is 2.95. The summed E-state index contributed by atoms with van der Waals surface area (Å²) in [5.41, 5.74) is 1.62. The largest absolute Gasteiger partial charge is 0.497 e. The molecule has 11 heteroatoms. The molecule has 2 amide bonds. The van der Waals surface area contributed by atoms with Gasteiger partial charge in [0.1, 0.15) is 18.3 Å². The highest BCUT2D eigenvalue weighted by atomic mass is 35.5. The van der Waals surface area contributed by atoms with Crippen molar-refractivity contribution in [3.8, 4) is 5.75 Å². The van der Waals surface area contributed by atoms with Crippen LogP contribution in [0.5, 0.6) is 5.75 Å². The first-order chi connectivity index (χ1) is 19.4. The van der Waals surface area contributed by atoms with Gasteiger partial charge in [-0.2, -0.15) is 0 Å². The van der Waals surface area contributed by atoms with E-state index in [0.717, 1.165) is 9.87 Å². The number of ether oxygens (including phenoxy) is 1. The average molecular weight is 621 g/mol. The summed E-state index contributed by atoms with van der Waals surface area (Å²) < 4.78 is 34.2. The summed E-state index contributed by atoms with van der Waals surface area (Å²) in [6.07, 6.45) is 0.706. The zero-order valence-electron chi connectivity index (χ0n) is 23.7. The van der Waals surface area contributed by atoms with E-state index in [1.54, 1.807) is 43.3 Å². The molecule has 0 saturated carbocycles. The minimum atomic E-state index is -4.27. The zero-order valence-corrected chi connectivity index (χ0v) is 26.1. The molecule has 0 aromatic heterocycles. The number of carbonyl (C=O) groups excluding carboxylic acids is 2. The van der Waals surface area contributed by atoms with Crippen LogP contribution in [-0.2, 0) is 26.2 Å². The molecule has 2 atom stereocenters. The molecule has 0 aliphatic heterocycles. The van der Waals surface area contributed by atoms with E-state index in [-0.39, 0.29) is 39.1 Å². The van der Waals surface area contributed by atoms with Gasteiger partial charge in [0.15, 0.2) is 0 Å². The molecular formula is C30H35Cl2N3O5S. The van der Waals surface area contributed by atoms with E-state index in [2.05, 4.69) is 5.32 Å². The first-order valence-corrected chi connectivity index (χ1v) is 15.3. The number of nitrogens with zero attached hydrogens (tertiary/aromatic N) is 2. The molecule has 0 bridgehead atoms.